The van der Waals surface area contributed by atoms with Crippen molar-refractivity contribution in [3.8, 4) is 5.75 Å². The Labute approximate surface area is 121 Å². The molecule has 20 heavy (non-hydrogen) atoms. The number of methoxy groups -OCH3 is 1. The third-order valence-electron chi connectivity index (χ3n) is 3.33. The molecule has 0 aliphatic heterocycles. The van der Waals surface area contributed by atoms with E-state index in [9.17, 15) is 0 Å². The van der Waals surface area contributed by atoms with Gasteiger partial charge in [-0.05, 0) is 37.6 Å². The van der Waals surface area contributed by atoms with Gasteiger partial charge in [0.15, 0.2) is 0 Å². The predicted octanol–water partition coefficient (Wildman–Crippen LogP) is 3.69. The van der Waals surface area contributed by atoms with Crippen molar-refractivity contribution in [3.05, 3.63) is 54.1 Å². The number of ether oxygens (including phenoxy) is 1. The van der Waals surface area contributed by atoms with Crippen LogP contribution < -0.4 is 15.4 Å². The van der Waals surface area contributed by atoms with E-state index >= 15 is 0 Å². The first-order valence-electron chi connectivity index (χ1n) is 6.86. The lowest BCUT2D eigenvalue weighted by Crippen LogP contribution is -2.30. The van der Waals surface area contributed by atoms with Crippen LogP contribution in [0.15, 0.2) is 48.5 Å². The molecule has 2 aromatic rings. The van der Waals surface area contributed by atoms with Crippen LogP contribution in [0.4, 0.5) is 11.4 Å². The lowest BCUT2D eigenvalue weighted by atomic mass is 10.1. The Balaban J connectivity index is 2.36. The topological polar surface area (TPSA) is 38.5 Å². The smallest absolute Gasteiger partial charge is 0.142 e. The van der Waals surface area contributed by atoms with E-state index in [0.29, 0.717) is 6.04 Å². The second-order valence-corrected chi connectivity index (χ2v) is 5.14. The van der Waals surface area contributed by atoms with Crippen molar-refractivity contribution in [1.82, 2.24) is 0 Å². The van der Waals surface area contributed by atoms with Gasteiger partial charge in [-0.3, -0.25) is 0 Å². The van der Waals surface area contributed by atoms with Crippen molar-refractivity contribution in [2.24, 2.45) is 0 Å². The Kier molecular flexibility index (Phi) is 4.51. The highest BCUT2D eigenvalue weighted by molar-refractivity contribution is 5.65. The summed E-state index contributed by atoms with van der Waals surface area (Å²) < 4.78 is 5.47. The zero-order valence-corrected chi connectivity index (χ0v) is 12.3. The molecule has 0 radical (unpaired) electrons. The number of hydrogen-bond acceptors (Lipinski definition) is 3. The molecule has 0 aliphatic rings. The minimum absolute atomic E-state index is 0.353. The second kappa shape index (κ2) is 6.33. The summed E-state index contributed by atoms with van der Waals surface area (Å²) in [5, 5.41) is 0. The third-order valence-corrected chi connectivity index (χ3v) is 3.33. The Morgan fingerprint density at radius 2 is 1.80 bits per heavy atom. The van der Waals surface area contributed by atoms with Gasteiger partial charge in [0.25, 0.3) is 0 Å². The van der Waals surface area contributed by atoms with Crippen molar-refractivity contribution in [3.63, 3.8) is 0 Å². The van der Waals surface area contributed by atoms with Gasteiger partial charge in [-0.15, -0.1) is 0 Å². The fourth-order valence-electron chi connectivity index (χ4n) is 2.26. The average Bonchev–Trinajstić information content (AvgIpc) is 2.45. The van der Waals surface area contributed by atoms with E-state index in [-0.39, 0.29) is 0 Å². The van der Waals surface area contributed by atoms with Gasteiger partial charge in [-0.25, -0.2) is 0 Å². The van der Waals surface area contributed by atoms with Gasteiger partial charge in [0.05, 0.1) is 12.8 Å². The zero-order chi connectivity index (χ0) is 14.5. The van der Waals surface area contributed by atoms with Crippen LogP contribution in [-0.2, 0) is 6.54 Å². The van der Waals surface area contributed by atoms with E-state index < -0.39 is 0 Å². The van der Waals surface area contributed by atoms with Crippen molar-refractivity contribution in [2.45, 2.75) is 26.4 Å². The van der Waals surface area contributed by atoms with E-state index in [1.165, 1.54) is 5.56 Å². The van der Waals surface area contributed by atoms with E-state index in [4.69, 9.17) is 10.5 Å². The van der Waals surface area contributed by atoms with E-state index in [1.807, 2.05) is 24.3 Å². The molecule has 0 fully saturated rings. The normalized spacial score (nSPS) is 10.6. The first-order chi connectivity index (χ1) is 9.61. The lowest BCUT2D eigenvalue weighted by molar-refractivity contribution is 0.413. The number of anilines is 2. The van der Waals surface area contributed by atoms with Crippen molar-refractivity contribution in [2.75, 3.05) is 17.7 Å². The second-order valence-electron chi connectivity index (χ2n) is 5.14. The summed E-state index contributed by atoms with van der Waals surface area (Å²) in [5.41, 5.74) is 8.98. The zero-order valence-electron chi connectivity index (χ0n) is 12.3. The Morgan fingerprint density at radius 1 is 1.10 bits per heavy atom. The Morgan fingerprint density at radius 3 is 2.40 bits per heavy atom. The van der Waals surface area contributed by atoms with Crippen LogP contribution in [0.2, 0.25) is 0 Å². The van der Waals surface area contributed by atoms with Crippen LogP contribution in [-0.4, -0.2) is 13.2 Å². The molecule has 0 saturated carbocycles. The van der Waals surface area contributed by atoms with Gasteiger partial charge in [-0.1, -0.05) is 30.3 Å². The maximum atomic E-state index is 5.93. The minimum atomic E-state index is 0.353. The predicted molar refractivity (Wildman–Crippen MR) is 85.2 cm³/mol. The summed E-state index contributed by atoms with van der Waals surface area (Å²) in [6.45, 7) is 5.18. The van der Waals surface area contributed by atoms with Crippen LogP contribution in [0, 0.1) is 0 Å². The molecule has 0 heterocycles. The maximum Gasteiger partial charge on any atom is 0.142 e. The molecule has 0 unspecified atom stereocenters. The van der Waals surface area contributed by atoms with Crippen LogP contribution >= 0.6 is 0 Å². The standard InChI is InChI=1S/C17H22N2O/c1-13(2)19(12-14-7-5-4-6-8-14)16-11-15(18)9-10-17(16)20-3/h4-11,13H,12,18H2,1-3H3. The van der Waals surface area contributed by atoms with Crippen LogP contribution in [0.1, 0.15) is 19.4 Å². The fraction of sp³-hybridized carbons (Fsp3) is 0.294. The maximum absolute atomic E-state index is 5.93. The molecule has 0 bridgehead atoms. The third kappa shape index (κ3) is 3.23. The number of nitrogen functional groups attached to an aromatic ring is 1. The summed E-state index contributed by atoms with van der Waals surface area (Å²) in [7, 11) is 1.69. The van der Waals surface area contributed by atoms with E-state index in [1.54, 1.807) is 7.11 Å². The lowest BCUT2D eigenvalue weighted by Gasteiger charge is -2.30. The Hall–Kier alpha value is -2.16. The molecule has 106 valence electrons. The molecule has 0 aliphatic carbocycles. The first kappa shape index (κ1) is 14.3. The first-order valence-corrected chi connectivity index (χ1v) is 6.86. The molecule has 3 nitrogen and oxygen atoms in total. The van der Waals surface area contributed by atoms with Gasteiger partial charge >= 0.3 is 0 Å². The van der Waals surface area contributed by atoms with Crippen LogP contribution in [0.5, 0.6) is 5.75 Å². The molecule has 0 amide bonds. The van der Waals surface area contributed by atoms with Crippen molar-refractivity contribution >= 4 is 11.4 Å². The SMILES string of the molecule is COc1ccc(N)cc1N(Cc1ccccc1)C(C)C. The minimum Gasteiger partial charge on any atom is -0.495 e. The number of hydrogen-bond donors (Lipinski definition) is 1. The Bertz CT molecular complexity index is 552. The molecule has 0 saturated heterocycles. The monoisotopic (exact) mass is 270 g/mol. The van der Waals surface area contributed by atoms with Gasteiger partial charge in [-0.2, -0.15) is 0 Å². The molecule has 0 spiro atoms. The largest absolute Gasteiger partial charge is 0.495 e. The summed E-state index contributed by atoms with van der Waals surface area (Å²) in [4.78, 5) is 2.30. The highest BCUT2D eigenvalue weighted by Crippen LogP contribution is 2.32. The van der Waals surface area contributed by atoms with Gasteiger partial charge in [0.2, 0.25) is 0 Å². The fourth-order valence-corrected chi connectivity index (χ4v) is 2.26. The summed E-state index contributed by atoms with van der Waals surface area (Å²) in [6, 6.07) is 16.5. The molecular weight excluding hydrogens is 248 g/mol. The summed E-state index contributed by atoms with van der Waals surface area (Å²) in [6.07, 6.45) is 0. The highest BCUT2D eigenvalue weighted by atomic mass is 16.5. The van der Waals surface area contributed by atoms with E-state index in [2.05, 4.69) is 43.0 Å². The van der Waals surface area contributed by atoms with Crippen LogP contribution in [0.3, 0.4) is 0 Å². The van der Waals surface area contributed by atoms with E-state index in [0.717, 1.165) is 23.7 Å². The number of nitrogens with two attached hydrogens (primary N) is 1. The molecule has 0 aromatic heterocycles. The van der Waals surface area contributed by atoms with Gasteiger partial charge in [0, 0.05) is 18.3 Å². The molecule has 2 rings (SSSR count). The summed E-state index contributed by atoms with van der Waals surface area (Å²) in [5.74, 6) is 0.851. The van der Waals surface area contributed by atoms with Crippen molar-refractivity contribution in [1.29, 1.82) is 0 Å². The van der Waals surface area contributed by atoms with Crippen LogP contribution in [0.25, 0.3) is 0 Å². The number of benzene rings is 2. The highest BCUT2D eigenvalue weighted by Gasteiger charge is 2.16. The molecular formula is C17H22N2O. The molecule has 2 N–H and O–H groups in total. The molecule has 0 atom stereocenters. The van der Waals surface area contributed by atoms with Gasteiger partial charge in [0.1, 0.15) is 5.75 Å². The summed E-state index contributed by atoms with van der Waals surface area (Å²) >= 11 is 0. The molecule has 2 aromatic carbocycles. The van der Waals surface area contributed by atoms with Gasteiger partial charge < -0.3 is 15.4 Å². The average molecular weight is 270 g/mol. The quantitative estimate of drug-likeness (QED) is 0.842. The number of nitrogens with zero attached hydrogens (tertiary/aromatic N) is 1. The number of rotatable bonds is 5. The molecule has 3 heteroatoms. The van der Waals surface area contributed by atoms with Crippen molar-refractivity contribution < 1.29 is 4.74 Å².